The molecule has 0 aliphatic rings. The van der Waals surface area contributed by atoms with E-state index in [1.165, 1.54) is 64.2 Å². The zero-order valence-electron chi connectivity index (χ0n) is 14.4. The standard InChI is InChI=1S/C19H36O3/c1-2-3-4-5-6-7-8-9-10-11-12-15-18(20)16-13-14-17-19(21)22/h13,16,18,20H,2-12,14-15,17H2,1H3,(H,21,22). The fraction of sp³-hybridized carbons (Fsp3) is 0.842. The Morgan fingerprint density at radius 1 is 0.909 bits per heavy atom. The van der Waals surface area contributed by atoms with Crippen molar-refractivity contribution in [2.45, 2.75) is 103 Å². The molecule has 0 saturated carbocycles. The molecular formula is C19H36O3. The second-order valence-corrected chi connectivity index (χ2v) is 6.25. The molecule has 1 unspecified atom stereocenters. The molecule has 0 aliphatic carbocycles. The summed E-state index contributed by atoms with van der Waals surface area (Å²) in [6, 6.07) is 0. The molecule has 0 aromatic rings. The van der Waals surface area contributed by atoms with E-state index in [0.29, 0.717) is 6.42 Å². The number of unbranched alkanes of at least 4 members (excludes halogenated alkanes) is 10. The molecule has 0 aliphatic heterocycles. The first kappa shape index (κ1) is 21.2. The quantitative estimate of drug-likeness (QED) is 0.293. The van der Waals surface area contributed by atoms with Crippen molar-refractivity contribution in [1.29, 1.82) is 0 Å². The summed E-state index contributed by atoms with van der Waals surface area (Å²) >= 11 is 0. The van der Waals surface area contributed by atoms with Crippen LogP contribution in [0.2, 0.25) is 0 Å². The van der Waals surface area contributed by atoms with Gasteiger partial charge in [-0.3, -0.25) is 4.79 Å². The monoisotopic (exact) mass is 312 g/mol. The normalized spacial score (nSPS) is 12.8. The second-order valence-electron chi connectivity index (χ2n) is 6.25. The van der Waals surface area contributed by atoms with Gasteiger partial charge in [0.1, 0.15) is 0 Å². The molecule has 3 heteroatoms. The molecule has 0 bridgehead atoms. The maximum absolute atomic E-state index is 10.3. The third-order valence-electron chi connectivity index (χ3n) is 3.99. The lowest BCUT2D eigenvalue weighted by Crippen LogP contribution is -2.01. The predicted molar refractivity (Wildman–Crippen MR) is 93.1 cm³/mol. The summed E-state index contributed by atoms with van der Waals surface area (Å²) in [5.41, 5.74) is 0. The Kier molecular flexibility index (Phi) is 15.9. The largest absolute Gasteiger partial charge is 0.481 e. The van der Waals surface area contributed by atoms with E-state index >= 15 is 0 Å². The molecule has 0 heterocycles. The van der Waals surface area contributed by atoms with Crippen LogP contribution in [-0.2, 0) is 4.79 Å². The summed E-state index contributed by atoms with van der Waals surface area (Å²) in [7, 11) is 0. The maximum Gasteiger partial charge on any atom is 0.303 e. The zero-order valence-corrected chi connectivity index (χ0v) is 14.4. The van der Waals surface area contributed by atoms with Crippen LogP contribution in [0.25, 0.3) is 0 Å². The van der Waals surface area contributed by atoms with Gasteiger partial charge in [-0.15, -0.1) is 0 Å². The molecule has 0 spiro atoms. The highest BCUT2D eigenvalue weighted by Crippen LogP contribution is 2.12. The minimum absolute atomic E-state index is 0.141. The summed E-state index contributed by atoms with van der Waals surface area (Å²) < 4.78 is 0. The van der Waals surface area contributed by atoms with Crippen LogP contribution in [0.5, 0.6) is 0 Å². The molecule has 3 nitrogen and oxygen atoms in total. The van der Waals surface area contributed by atoms with Gasteiger partial charge in [-0.1, -0.05) is 89.7 Å². The van der Waals surface area contributed by atoms with Gasteiger partial charge in [-0.2, -0.15) is 0 Å². The smallest absolute Gasteiger partial charge is 0.303 e. The number of hydrogen-bond donors (Lipinski definition) is 2. The molecule has 0 aromatic heterocycles. The number of carboxylic acids is 1. The lowest BCUT2D eigenvalue weighted by atomic mass is 10.0. The van der Waals surface area contributed by atoms with E-state index in [9.17, 15) is 9.90 Å². The topological polar surface area (TPSA) is 57.5 Å². The highest BCUT2D eigenvalue weighted by molar-refractivity contribution is 5.66. The first-order valence-corrected chi connectivity index (χ1v) is 9.23. The van der Waals surface area contributed by atoms with E-state index in [4.69, 9.17) is 5.11 Å². The van der Waals surface area contributed by atoms with Crippen LogP contribution in [0, 0.1) is 0 Å². The maximum atomic E-state index is 10.3. The van der Waals surface area contributed by atoms with Crippen molar-refractivity contribution < 1.29 is 15.0 Å². The Bertz CT molecular complexity index is 274. The summed E-state index contributed by atoms with van der Waals surface area (Å²) in [6.45, 7) is 2.25. The van der Waals surface area contributed by atoms with Crippen LogP contribution in [0.15, 0.2) is 12.2 Å². The lowest BCUT2D eigenvalue weighted by Gasteiger charge is -2.05. The molecule has 0 rings (SSSR count). The third-order valence-corrected chi connectivity index (χ3v) is 3.99. The molecule has 130 valence electrons. The molecule has 1 atom stereocenters. The minimum atomic E-state index is -0.787. The summed E-state index contributed by atoms with van der Waals surface area (Å²) in [4.78, 5) is 10.3. The number of rotatable bonds is 16. The molecular weight excluding hydrogens is 276 g/mol. The first-order valence-electron chi connectivity index (χ1n) is 9.23. The van der Waals surface area contributed by atoms with Crippen molar-refractivity contribution in [2.75, 3.05) is 0 Å². The van der Waals surface area contributed by atoms with Crippen molar-refractivity contribution in [3.63, 3.8) is 0 Å². The van der Waals surface area contributed by atoms with Crippen LogP contribution < -0.4 is 0 Å². The van der Waals surface area contributed by atoms with Crippen molar-refractivity contribution in [3.8, 4) is 0 Å². The molecule has 0 amide bonds. The average molecular weight is 312 g/mol. The van der Waals surface area contributed by atoms with E-state index in [2.05, 4.69) is 6.92 Å². The fourth-order valence-electron chi connectivity index (χ4n) is 2.57. The minimum Gasteiger partial charge on any atom is -0.481 e. The van der Waals surface area contributed by atoms with Crippen molar-refractivity contribution in [2.24, 2.45) is 0 Å². The number of carbonyl (C=O) groups is 1. The van der Waals surface area contributed by atoms with Crippen LogP contribution in [0.3, 0.4) is 0 Å². The average Bonchev–Trinajstić information content (AvgIpc) is 2.49. The number of hydrogen-bond acceptors (Lipinski definition) is 2. The van der Waals surface area contributed by atoms with Crippen LogP contribution in [-0.4, -0.2) is 22.3 Å². The van der Waals surface area contributed by atoms with Crippen molar-refractivity contribution in [3.05, 3.63) is 12.2 Å². The van der Waals surface area contributed by atoms with Gasteiger partial charge in [0.15, 0.2) is 0 Å². The zero-order chi connectivity index (χ0) is 16.5. The SMILES string of the molecule is CCCCCCCCCCCCCC(O)C=CCCC(=O)O. The third kappa shape index (κ3) is 17.2. The van der Waals surface area contributed by atoms with E-state index in [-0.39, 0.29) is 6.42 Å². The van der Waals surface area contributed by atoms with Crippen molar-refractivity contribution >= 4 is 5.97 Å². The van der Waals surface area contributed by atoms with Gasteiger partial charge >= 0.3 is 5.97 Å². The Labute approximate surface area is 136 Å². The summed E-state index contributed by atoms with van der Waals surface area (Å²) in [6.07, 6.45) is 19.0. The molecule has 0 radical (unpaired) electrons. The number of aliphatic hydroxyl groups is 1. The number of carboxylic acid groups (broad SMARTS) is 1. The van der Waals surface area contributed by atoms with Gasteiger partial charge in [0.25, 0.3) is 0 Å². The Morgan fingerprint density at radius 3 is 1.91 bits per heavy atom. The highest BCUT2D eigenvalue weighted by Gasteiger charge is 1.99. The van der Waals surface area contributed by atoms with Gasteiger partial charge < -0.3 is 10.2 Å². The number of allylic oxidation sites excluding steroid dienone is 1. The van der Waals surface area contributed by atoms with Crippen LogP contribution in [0.4, 0.5) is 0 Å². The van der Waals surface area contributed by atoms with Crippen LogP contribution >= 0.6 is 0 Å². The molecule has 0 aromatic carbocycles. The molecule has 0 fully saturated rings. The summed E-state index contributed by atoms with van der Waals surface area (Å²) in [5, 5.41) is 18.2. The predicted octanol–water partition coefficient (Wildman–Crippen LogP) is 5.47. The van der Waals surface area contributed by atoms with E-state index in [1.54, 1.807) is 12.2 Å². The number of aliphatic hydroxyl groups excluding tert-OH is 1. The van der Waals surface area contributed by atoms with Gasteiger partial charge in [-0.25, -0.2) is 0 Å². The van der Waals surface area contributed by atoms with Gasteiger partial charge in [0.05, 0.1) is 6.10 Å². The highest BCUT2D eigenvalue weighted by atomic mass is 16.4. The molecule has 2 N–H and O–H groups in total. The molecule has 0 saturated heterocycles. The van der Waals surface area contributed by atoms with Gasteiger partial charge in [0, 0.05) is 6.42 Å². The van der Waals surface area contributed by atoms with Gasteiger partial charge in [0.2, 0.25) is 0 Å². The fourth-order valence-corrected chi connectivity index (χ4v) is 2.57. The van der Waals surface area contributed by atoms with E-state index in [1.807, 2.05) is 0 Å². The van der Waals surface area contributed by atoms with Crippen LogP contribution in [0.1, 0.15) is 96.8 Å². The van der Waals surface area contributed by atoms with E-state index < -0.39 is 12.1 Å². The summed E-state index contributed by atoms with van der Waals surface area (Å²) in [5.74, 6) is -0.787. The molecule has 22 heavy (non-hydrogen) atoms. The second kappa shape index (κ2) is 16.5. The lowest BCUT2D eigenvalue weighted by molar-refractivity contribution is -0.136. The van der Waals surface area contributed by atoms with Crippen molar-refractivity contribution in [1.82, 2.24) is 0 Å². The Balaban J connectivity index is 3.23. The first-order chi connectivity index (χ1) is 10.7. The number of aliphatic carboxylic acids is 1. The van der Waals surface area contributed by atoms with E-state index in [0.717, 1.165) is 12.8 Å². The Morgan fingerprint density at radius 2 is 1.41 bits per heavy atom. The van der Waals surface area contributed by atoms with Gasteiger partial charge in [-0.05, 0) is 12.8 Å². The Hall–Kier alpha value is -0.830.